The van der Waals surface area contributed by atoms with Crippen LogP contribution in [0.3, 0.4) is 0 Å². The molecule has 9 nitrogen and oxygen atoms in total. The lowest BCUT2D eigenvalue weighted by molar-refractivity contribution is -0.126. The van der Waals surface area contributed by atoms with E-state index in [2.05, 4.69) is 0 Å². The van der Waals surface area contributed by atoms with Crippen LogP contribution in [-0.4, -0.2) is 40.3 Å². The number of ketones is 2. The van der Waals surface area contributed by atoms with Gasteiger partial charge < -0.3 is 5.11 Å². The molecule has 6 aromatic rings. The maximum absolute atomic E-state index is 14.8. The van der Waals surface area contributed by atoms with E-state index in [0.29, 0.717) is 39.2 Å². The highest BCUT2D eigenvalue weighted by molar-refractivity contribution is 6.24. The molecule has 10 rings (SSSR count). The number of carbonyl (C=O) groups is 6. The molecule has 6 aromatic carbocycles. The van der Waals surface area contributed by atoms with Crippen LogP contribution in [0.4, 0.5) is 11.4 Å². The summed E-state index contributed by atoms with van der Waals surface area (Å²) in [7, 11) is 0. The number of phenols is 1. The number of imide groups is 2. The van der Waals surface area contributed by atoms with Crippen LogP contribution in [0.25, 0.3) is 10.8 Å². The van der Waals surface area contributed by atoms with Crippen molar-refractivity contribution in [2.75, 3.05) is 9.80 Å². The molecule has 6 unspecified atom stereocenters. The lowest BCUT2D eigenvalue weighted by atomic mass is 9.56. The molecule has 0 spiro atoms. The molecule has 3 fully saturated rings. The third-order valence-corrected chi connectivity index (χ3v) is 12.8. The molecule has 6 atom stereocenters. The fourth-order valence-corrected chi connectivity index (χ4v) is 10.1. The van der Waals surface area contributed by atoms with Gasteiger partial charge in [0.2, 0.25) is 23.6 Å². The molecule has 4 aliphatic rings. The number of hydrogen-bond acceptors (Lipinski definition) is 7. The highest BCUT2D eigenvalue weighted by atomic mass is 16.3. The largest absolute Gasteiger partial charge is 0.508 e. The topological polar surface area (TPSA) is 129 Å². The Labute approximate surface area is 339 Å². The maximum Gasteiger partial charge on any atom is 0.238 e. The van der Waals surface area contributed by atoms with Gasteiger partial charge in [-0.25, -0.2) is 0 Å². The molecule has 4 amide bonds. The van der Waals surface area contributed by atoms with E-state index < -0.39 is 53.2 Å². The van der Waals surface area contributed by atoms with Crippen molar-refractivity contribution in [1.29, 1.82) is 0 Å². The number of aromatic hydroxyl groups is 1. The third kappa shape index (κ3) is 5.67. The number of allylic oxidation sites excluding steroid dienone is 2. The number of anilines is 2. The van der Waals surface area contributed by atoms with Gasteiger partial charge in [-0.05, 0) is 84.1 Å². The van der Waals surface area contributed by atoms with E-state index in [-0.39, 0.29) is 36.1 Å². The van der Waals surface area contributed by atoms with Crippen molar-refractivity contribution in [3.63, 3.8) is 0 Å². The highest BCUT2D eigenvalue weighted by Gasteiger charge is 2.62. The minimum absolute atomic E-state index is 0.0285. The zero-order valence-corrected chi connectivity index (χ0v) is 31.6. The van der Waals surface area contributed by atoms with E-state index in [0.717, 1.165) is 16.3 Å². The first-order valence-corrected chi connectivity index (χ1v) is 19.8. The highest BCUT2D eigenvalue weighted by Crippen LogP contribution is 2.60. The zero-order valence-electron chi connectivity index (χ0n) is 31.6. The van der Waals surface area contributed by atoms with Crippen molar-refractivity contribution in [1.82, 2.24) is 0 Å². The Hall–Kier alpha value is -7.26. The van der Waals surface area contributed by atoms with Crippen molar-refractivity contribution in [2.45, 2.75) is 18.8 Å². The van der Waals surface area contributed by atoms with Gasteiger partial charge in [-0.3, -0.25) is 38.6 Å². The molecule has 1 saturated carbocycles. The van der Waals surface area contributed by atoms with Crippen LogP contribution in [0, 0.1) is 29.6 Å². The van der Waals surface area contributed by atoms with E-state index in [9.17, 15) is 33.9 Å². The summed E-state index contributed by atoms with van der Waals surface area (Å²) in [6.45, 7) is 0. The van der Waals surface area contributed by atoms with E-state index in [4.69, 9.17) is 0 Å². The van der Waals surface area contributed by atoms with E-state index in [1.54, 1.807) is 109 Å². The average molecular weight is 777 g/mol. The van der Waals surface area contributed by atoms with Gasteiger partial charge in [0.05, 0.1) is 35.0 Å². The Morgan fingerprint density at radius 2 is 0.983 bits per heavy atom. The number of amides is 4. The fourth-order valence-electron chi connectivity index (χ4n) is 10.1. The van der Waals surface area contributed by atoms with Crippen molar-refractivity contribution in [2.24, 2.45) is 29.6 Å². The second-order valence-electron chi connectivity index (χ2n) is 15.8. The van der Waals surface area contributed by atoms with Crippen LogP contribution in [0.2, 0.25) is 0 Å². The van der Waals surface area contributed by atoms with Crippen molar-refractivity contribution < 1.29 is 33.9 Å². The van der Waals surface area contributed by atoms with Crippen LogP contribution in [0.15, 0.2) is 157 Å². The molecular formula is C50H36N2O7. The van der Waals surface area contributed by atoms with Gasteiger partial charge in [-0.1, -0.05) is 103 Å². The van der Waals surface area contributed by atoms with Gasteiger partial charge in [-0.15, -0.1) is 0 Å². The second kappa shape index (κ2) is 14.0. The Morgan fingerprint density at radius 3 is 1.56 bits per heavy atom. The van der Waals surface area contributed by atoms with E-state index >= 15 is 0 Å². The summed E-state index contributed by atoms with van der Waals surface area (Å²) >= 11 is 0. The summed E-state index contributed by atoms with van der Waals surface area (Å²) < 4.78 is 0. The summed E-state index contributed by atoms with van der Waals surface area (Å²) in [5.74, 6) is -6.64. The summed E-state index contributed by atoms with van der Waals surface area (Å²) in [6.07, 6.45) is 2.35. The number of carbonyl (C=O) groups excluding carboxylic acids is 6. The molecule has 2 heterocycles. The molecule has 0 radical (unpaired) electrons. The summed E-state index contributed by atoms with van der Waals surface area (Å²) in [4.78, 5) is 87.1. The number of hydrogen-bond donors (Lipinski definition) is 1. The second-order valence-corrected chi connectivity index (χ2v) is 15.8. The van der Waals surface area contributed by atoms with Crippen LogP contribution in [-0.2, 0) is 19.2 Å². The Bertz CT molecular complexity index is 2780. The number of phenolic OH excluding ortho intramolecular Hbond substituents is 1. The van der Waals surface area contributed by atoms with Crippen LogP contribution in [0.5, 0.6) is 5.75 Å². The molecular weight excluding hydrogens is 741 g/mol. The van der Waals surface area contributed by atoms with Crippen LogP contribution >= 0.6 is 0 Å². The molecule has 1 N–H and O–H groups in total. The molecule has 0 bridgehead atoms. The number of fused-ring (bicyclic) bond motifs is 5. The molecule has 59 heavy (non-hydrogen) atoms. The minimum Gasteiger partial charge on any atom is -0.508 e. The van der Waals surface area contributed by atoms with Gasteiger partial charge in [0, 0.05) is 33.7 Å². The first-order valence-electron chi connectivity index (χ1n) is 19.8. The zero-order chi connectivity index (χ0) is 40.5. The lowest BCUT2D eigenvalue weighted by Gasteiger charge is -2.44. The number of rotatable bonds is 7. The minimum atomic E-state index is -0.901. The Kier molecular flexibility index (Phi) is 8.56. The SMILES string of the molecule is O=C(c1ccccc1)c1ccc(N2C(=O)C3CC=C4C(CC5C(=O)N(c6ccc(C(=O)c7ccccc7)cc6)C(=O)C5C4c4c(O)ccc5ccccc45)C3C2=O)cc1. The van der Waals surface area contributed by atoms with Gasteiger partial charge in [0.25, 0.3) is 0 Å². The Morgan fingerprint density at radius 1 is 0.492 bits per heavy atom. The lowest BCUT2D eigenvalue weighted by Crippen LogP contribution is -2.43. The maximum atomic E-state index is 14.8. The molecule has 2 aliphatic heterocycles. The first kappa shape index (κ1) is 36.1. The van der Waals surface area contributed by atoms with Crippen LogP contribution in [0.1, 0.15) is 56.2 Å². The monoisotopic (exact) mass is 776 g/mol. The Balaban J connectivity index is 1.02. The van der Waals surface area contributed by atoms with Gasteiger partial charge in [0.1, 0.15) is 5.75 Å². The van der Waals surface area contributed by atoms with E-state index in [1.807, 2.05) is 42.5 Å². The predicted molar refractivity (Wildman–Crippen MR) is 221 cm³/mol. The van der Waals surface area contributed by atoms with Crippen molar-refractivity contribution >= 4 is 57.3 Å². The fraction of sp³-hybridized carbons (Fsp3) is 0.160. The van der Waals surface area contributed by atoms with Crippen molar-refractivity contribution in [3.8, 4) is 5.75 Å². The third-order valence-electron chi connectivity index (χ3n) is 12.8. The standard InChI is InChI=1S/C50H36N2O7/c53-40-26-19-28-9-7-8-14-35(28)42(40)43-36-24-25-37-41(49(58)51(47(37)56)33-20-15-31(16-21-33)45(54)29-10-3-1-4-11-29)38(36)27-39-44(43)50(59)52(48(39)57)34-22-17-32(18-23-34)46(55)30-12-5-2-6-13-30/h1-24,26,37-39,41,43-44,53H,25,27H2. The first-order chi connectivity index (χ1) is 28.7. The smallest absolute Gasteiger partial charge is 0.238 e. The number of benzene rings is 6. The van der Waals surface area contributed by atoms with Gasteiger partial charge in [-0.2, -0.15) is 0 Å². The molecule has 2 saturated heterocycles. The molecule has 9 heteroatoms. The van der Waals surface area contributed by atoms with Crippen molar-refractivity contribution in [3.05, 3.63) is 185 Å². The van der Waals surface area contributed by atoms with E-state index in [1.165, 1.54) is 9.80 Å². The van der Waals surface area contributed by atoms with Gasteiger partial charge in [0.15, 0.2) is 11.6 Å². The summed E-state index contributed by atoms with van der Waals surface area (Å²) in [5.41, 5.74) is 3.80. The summed E-state index contributed by atoms with van der Waals surface area (Å²) in [6, 6.07) is 41.5. The molecule has 288 valence electrons. The van der Waals surface area contributed by atoms with Gasteiger partial charge >= 0.3 is 0 Å². The molecule has 0 aromatic heterocycles. The predicted octanol–water partition coefficient (Wildman–Crippen LogP) is 8.05. The molecule has 2 aliphatic carbocycles. The number of nitrogens with zero attached hydrogens (tertiary/aromatic N) is 2. The van der Waals surface area contributed by atoms with Crippen LogP contribution < -0.4 is 9.80 Å². The average Bonchev–Trinajstić information content (AvgIpc) is 3.69. The summed E-state index contributed by atoms with van der Waals surface area (Å²) in [5, 5.41) is 13.2. The quantitative estimate of drug-likeness (QED) is 0.0987. The normalized spacial score (nSPS) is 23.5.